The molecule has 2 unspecified atom stereocenters. The van der Waals surface area contributed by atoms with Gasteiger partial charge in [0.2, 0.25) is 0 Å². The molecule has 2 bridgehead atoms. The first-order valence-corrected chi connectivity index (χ1v) is 9.47. The van der Waals surface area contributed by atoms with Crippen LogP contribution in [0.3, 0.4) is 0 Å². The molecule has 0 aromatic heterocycles. The maximum absolute atomic E-state index is 12.6. The summed E-state index contributed by atoms with van der Waals surface area (Å²) in [6.07, 6.45) is 5.22. The molecule has 1 aromatic rings. The fourth-order valence-corrected chi connectivity index (χ4v) is 5.96. The van der Waals surface area contributed by atoms with Crippen LogP contribution in [0.4, 0.5) is 4.79 Å². The zero-order valence-corrected chi connectivity index (χ0v) is 15.2. The van der Waals surface area contributed by atoms with Crippen molar-refractivity contribution in [3.05, 3.63) is 40.5 Å². The van der Waals surface area contributed by atoms with E-state index < -0.39 is 0 Å². The van der Waals surface area contributed by atoms with E-state index in [-0.39, 0.29) is 23.7 Å². The van der Waals surface area contributed by atoms with Gasteiger partial charge in [0.15, 0.2) is 0 Å². The van der Waals surface area contributed by atoms with Crippen molar-refractivity contribution in [2.45, 2.75) is 57.6 Å². The minimum atomic E-state index is -0.153. The fraction of sp³-hybridized carbons (Fsp3) is 0.571. The molecule has 4 aliphatic rings. The summed E-state index contributed by atoms with van der Waals surface area (Å²) in [6.45, 7) is 7.43. The van der Waals surface area contributed by atoms with E-state index in [1.807, 2.05) is 11.8 Å². The number of rotatable bonds is 1. The standard InChI is InChI=1S/C21H25NO3/c1-4-24-20(23)22-10-9-21-15-8-6-13(3)19(21)25-18-12(2)5-7-14(17(18)21)11-16(15)22/h5-7,15-16,19H,4,8-11H2,1-3H3/t15?,16?,19-,21-/m0/s1. The highest BCUT2D eigenvalue weighted by atomic mass is 16.6. The number of ether oxygens (including phenoxy) is 2. The number of nitrogens with zero attached hydrogens (tertiary/aromatic N) is 1. The second-order valence-corrected chi connectivity index (χ2v) is 7.99. The van der Waals surface area contributed by atoms with Gasteiger partial charge in [-0.05, 0) is 62.7 Å². The molecule has 1 fully saturated rings. The van der Waals surface area contributed by atoms with Gasteiger partial charge in [0.1, 0.15) is 11.9 Å². The molecule has 4 nitrogen and oxygen atoms in total. The lowest BCUT2D eigenvalue weighted by Gasteiger charge is -2.57. The summed E-state index contributed by atoms with van der Waals surface area (Å²) in [5.41, 5.74) is 5.45. The lowest BCUT2D eigenvalue weighted by Crippen LogP contribution is -2.65. The highest BCUT2D eigenvalue weighted by molar-refractivity contribution is 5.70. The molecule has 1 spiro atoms. The summed E-state index contributed by atoms with van der Waals surface area (Å²) >= 11 is 0. The Labute approximate surface area is 148 Å². The topological polar surface area (TPSA) is 38.8 Å². The fourth-order valence-electron chi connectivity index (χ4n) is 5.96. The van der Waals surface area contributed by atoms with Crippen molar-refractivity contribution in [3.63, 3.8) is 0 Å². The first kappa shape index (κ1) is 15.3. The molecular weight excluding hydrogens is 314 g/mol. The molecule has 0 N–H and O–H groups in total. The molecule has 25 heavy (non-hydrogen) atoms. The van der Waals surface area contributed by atoms with E-state index in [9.17, 15) is 4.79 Å². The average molecular weight is 339 g/mol. The van der Waals surface area contributed by atoms with Crippen LogP contribution < -0.4 is 4.74 Å². The van der Waals surface area contributed by atoms with E-state index in [1.54, 1.807) is 0 Å². The number of allylic oxidation sites excluding steroid dienone is 1. The van der Waals surface area contributed by atoms with E-state index in [4.69, 9.17) is 9.47 Å². The van der Waals surface area contributed by atoms with Crippen LogP contribution in [0, 0.1) is 12.8 Å². The lowest BCUT2D eigenvalue weighted by atomic mass is 9.52. The zero-order valence-electron chi connectivity index (χ0n) is 15.2. The first-order chi connectivity index (χ1) is 12.1. The van der Waals surface area contributed by atoms with Crippen molar-refractivity contribution in [3.8, 4) is 5.75 Å². The molecule has 1 aromatic carbocycles. The number of hydrogen-bond donors (Lipinski definition) is 0. The van der Waals surface area contributed by atoms with Crippen molar-refractivity contribution in [2.75, 3.05) is 13.2 Å². The van der Waals surface area contributed by atoms with Gasteiger partial charge in [-0.3, -0.25) is 0 Å². The molecule has 1 saturated heterocycles. The summed E-state index contributed by atoms with van der Waals surface area (Å²) in [5, 5.41) is 0. The van der Waals surface area contributed by atoms with Crippen LogP contribution in [-0.2, 0) is 16.6 Å². The third-order valence-corrected chi connectivity index (χ3v) is 6.94. The molecular formula is C21H25NO3. The smallest absolute Gasteiger partial charge is 0.410 e. The Bertz CT molecular complexity index is 799. The van der Waals surface area contributed by atoms with Crippen LogP contribution in [0.2, 0.25) is 0 Å². The molecule has 0 saturated carbocycles. The largest absolute Gasteiger partial charge is 0.485 e. The number of likely N-dealkylation sites (tertiary alicyclic amines) is 1. The Kier molecular flexibility index (Phi) is 3.08. The third kappa shape index (κ3) is 1.75. The van der Waals surface area contributed by atoms with Crippen molar-refractivity contribution in [1.29, 1.82) is 0 Å². The maximum Gasteiger partial charge on any atom is 0.410 e. The Morgan fingerprint density at radius 3 is 3.04 bits per heavy atom. The van der Waals surface area contributed by atoms with Crippen molar-refractivity contribution in [2.24, 2.45) is 5.92 Å². The number of hydrogen-bond acceptors (Lipinski definition) is 3. The Hall–Kier alpha value is -1.97. The van der Waals surface area contributed by atoms with E-state index >= 15 is 0 Å². The van der Waals surface area contributed by atoms with Crippen LogP contribution in [0.15, 0.2) is 23.8 Å². The van der Waals surface area contributed by atoms with Gasteiger partial charge in [0.25, 0.3) is 0 Å². The van der Waals surface area contributed by atoms with E-state index in [2.05, 4.69) is 32.1 Å². The molecule has 2 aliphatic heterocycles. The Morgan fingerprint density at radius 1 is 1.40 bits per heavy atom. The average Bonchev–Trinajstić information content (AvgIpc) is 2.94. The van der Waals surface area contributed by atoms with E-state index in [0.717, 1.165) is 31.6 Å². The molecule has 5 rings (SSSR count). The number of benzene rings is 1. The van der Waals surface area contributed by atoms with Gasteiger partial charge >= 0.3 is 6.09 Å². The second kappa shape index (κ2) is 5.03. The summed E-state index contributed by atoms with van der Waals surface area (Å²) in [6, 6.07) is 4.64. The van der Waals surface area contributed by atoms with Gasteiger partial charge in [-0.15, -0.1) is 0 Å². The highest BCUT2D eigenvalue weighted by Crippen LogP contribution is 2.62. The van der Waals surface area contributed by atoms with E-state index in [0.29, 0.717) is 12.5 Å². The van der Waals surface area contributed by atoms with Crippen LogP contribution in [0.1, 0.15) is 43.4 Å². The predicted molar refractivity (Wildman–Crippen MR) is 95.0 cm³/mol. The molecule has 4 atom stereocenters. The number of aryl methyl sites for hydroxylation is 1. The van der Waals surface area contributed by atoms with Crippen molar-refractivity contribution >= 4 is 6.09 Å². The molecule has 2 aliphatic carbocycles. The minimum absolute atomic E-state index is 0.0431. The Balaban J connectivity index is 1.69. The summed E-state index contributed by atoms with van der Waals surface area (Å²) in [4.78, 5) is 14.5. The van der Waals surface area contributed by atoms with Crippen LogP contribution in [0.25, 0.3) is 0 Å². The summed E-state index contributed by atoms with van der Waals surface area (Å²) in [5.74, 6) is 1.54. The Morgan fingerprint density at radius 2 is 2.24 bits per heavy atom. The molecule has 4 heteroatoms. The molecule has 132 valence electrons. The number of carbonyl (C=O) groups excluding carboxylic acids is 1. The third-order valence-electron chi connectivity index (χ3n) is 6.94. The lowest BCUT2D eigenvalue weighted by molar-refractivity contribution is -0.0185. The number of amides is 1. The SMILES string of the molecule is CCOC(=O)N1CC[C@]23c4c5ccc(C)c4O[C@H]2C(C)=CCC3C1C5. The van der Waals surface area contributed by atoms with Crippen molar-refractivity contribution < 1.29 is 14.3 Å². The van der Waals surface area contributed by atoms with Crippen molar-refractivity contribution in [1.82, 2.24) is 4.90 Å². The first-order valence-electron chi connectivity index (χ1n) is 9.47. The van der Waals surface area contributed by atoms with Crippen LogP contribution in [-0.4, -0.2) is 36.3 Å². The number of piperidine rings is 1. The summed E-state index contributed by atoms with van der Waals surface area (Å²) < 4.78 is 11.9. The van der Waals surface area contributed by atoms with Gasteiger partial charge in [0.05, 0.1) is 6.61 Å². The highest BCUT2D eigenvalue weighted by Gasteiger charge is 2.64. The maximum atomic E-state index is 12.6. The zero-order chi connectivity index (χ0) is 17.3. The minimum Gasteiger partial charge on any atom is -0.485 e. The second-order valence-electron chi connectivity index (χ2n) is 7.99. The van der Waals surface area contributed by atoms with Gasteiger partial charge in [0, 0.05) is 23.6 Å². The molecule has 0 radical (unpaired) electrons. The predicted octanol–water partition coefficient (Wildman–Crippen LogP) is 3.75. The van der Waals surface area contributed by atoms with Gasteiger partial charge in [-0.2, -0.15) is 0 Å². The molecule has 1 amide bonds. The van der Waals surface area contributed by atoms with Crippen LogP contribution >= 0.6 is 0 Å². The quantitative estimate of drug-likeness (QED) is 0.732. The number of carbonyl (C=O) groups is 1. The van der Waals surface area contributed by atoms with Crippen LogP contribution in [0.5, 0.6) is 5.75 Å². The monoisotopic (exact) mass is 339 g/mol. The van der Waals surface area contributed by atoms with Gasteiger partial charge < -0.3 is 14.4 Å². The normalized spacial score (nSPS) is 34.1. The van der Waals surface area contributed by atoms with E-state index in [1.165, 1.54) is 22.3 Å². The summed E-state index contributed by atoms with van der Waals surface area (Å²) in [7, 11) is 0. The van der Waals surface area contributed by atoms with Gasteiger partial charge in [-0.25, -0.2) is 4.79 Å². The van der Waals surface area contributed by atoms with Gasteiger partial charge in [-0.1, -0.05) is 18.2 Å². The molecule has 2 heterocycles.